The maximum Gasteiger partial charge on any atom is 0.192 e. The first-order valence-corrected chi connectivity index (χ1v) is 6.86. The molecule has 0 radical (unpaired) electrons. The van der Waals surface area contributed by atoms with Gasteiger partial charge in [-0.3, -0.25) is 0 Å². The molecular formula is C14H19N3S. The van der Waals surface area contributed by atoms with E-state index in [1.54, 1.807) is 0 Å². The van der Waals surface area contributed by atoms with Gasteiger partial charge in [-0.05, 0) is 31.6 Å². The summed E-state index contributed by atoms with van der Waals surface area (Å²) in [5.74, 6) is 0. The van der Waals surface area contributed by atoms with Crippen LogP contribution in [0.25, 0.3) is 0 Å². The lowest BCUT2D eigenvalue weighted by Gasteiger charge is -2.26. The van der Waals surface area contributed by atoms with Gasteiger partial charge in [0.15, 0.2) is 5.11 Å². The van der Waals surface area contributed by atoms with Crippen LogP contribution < -0.4 is 0 Å². The van der Waals surface area contributed by atoms with E-state index in [-0.39, 0.29) is 0 Å². The van der Waals surface area contributed by atoms with Crippen LogP contribution in [0.1, 0.15) is 25.8 Å². The molecule has 0 aliphatic carbocycles. The van der Waals surface area contributed by atoms with Gasteiger partial charge in [0.25, 0.3) is 0 Å². The number of thiocarbonyl (C=S) groups is 1. The van der Waals surface area contributed by atoms with Gasteiger partial charge in [0.1, 0.15) is 0 Å². The lowest BCUT2D eigenvalue weighted by Crippen LogP contribution is -2.39. The molecule has 1 aromatic carbocycles. The smallest absolute Gasteiger partial charge is 0.192 e. The maximum absolute atomic E-state index is 5.48. The summed E-state index contributed by atoms with van der Waals surface area (Å²) in [5.41, 5.74) is 2.33. The zero-order valence-electron chi connectivity index (χ0n) is 11.0. The third kappa shape index (κ3) is 2.70. The molecule has 1 aliphatic heterocycles. The van der Waals surface area contributed by atoms with E-state index in [1.165, 1.54) is 5.56 Å². The Bertz CT molecular complexity index is 438. The predicted octanol–water partition coefficient (Wildman–Crippen LogP) is 2.72. The van der Waals surface area contributed by atoms with Crippen LogP contribution in [0.5, 0.6) is 0 Å². The van der Waals surface area contributed by atoms with Crippen molar-refractivity contribution < 1.29 is 0 Å². The van der Waals surface area contributed by atoms with Crippen molar-refractivity contribution in [3.8, 4) is 0 Å². The van der Waals surface area contributed by atoms with Gasteiger partial charge in [-0.25, -0.2) is 5.01 Å². The molecular weight excluding hydrogens is 242 g/mol. The van der Waals surface area contributed by atoms with E-state index in [4.69, 9.17) is 12.2 Å². The van der Waals surface area contributed by atoms with Crippen LogP contribution in [0.3, 0.4) is 0 Å². The average Bonchev–Trinajstić information content (AvgIpc) is 2.90. The molecule has 0 atom stereocenters. The Hall–Kier alpha value is -1.42. The molecule has 1 aliphatic rings. The number of hydrazone groups is 1. The van der Waals surface area contributed by atoms with Crippen LogP contribution in [-0.2, 0) is 0 Å². The summed E-state index contributed by atoms with van der Waals surface area (Å²) in [5, 5.41) is 7.43. The molecule has 0 aromatic heterocycles. The Kier molecular flexibility index (Phi) is 4.31. The summed E-state index contributed by atoms with van der Waals surface area (Å²) in [6.45, 7) is 6.99. The van der Waals surface area contributed by atoms with Crippen LogP contribution in [0.2, 0.25) is 0 Å². The van der Waals surface area contributed by atoms with E-state index < -0.39 is 0 Å². The maximum atomic E-state index is 5.48. The van der Waals surface area contributed by atoms with Gasteiger partial charge in [0.2, 0.25) is 0 Å². The molecule has 0 N–H and O–H groups in total. The second-order valence-electron chi connectivity index (χ2n) is 4.24. The largest absolute Gasteiger partial charge is 0.348 e. The van der Waals surface area contributed by atoms with E-state index in [0.717, 1.165) is 36.9 Å². The van der Waals surface area contributed by atoms with E-state index in [0.29, 0.717) is 0 Å². The lowest BCUT2D eigenvalue weighted by atomic mass is 10.1. The fraction of sp³-hybridized carbons (Fsp3) is 0.429. The highest BCUT2D eigenvalue weighted by Crippen LogP contribution is 2.15. The summed E-state index contributed by atoms with van der Waals surface area (Å²) in [6.07, 6.45) is 0.964. The summed E-state index contributed by atoms with van der Waals surface area (Å²) >= 11 is 5.48. The van der Waals surface area contributed by atoms with Gasteiger partial charge in [0, 0.05) is 26.1 Å². The Balaban J connectivity index is 2.11. The van der Waals surface area contributed by atoms with Crippen LogP contribution >= 0.6 is 12.2 Å². The number of hydrogen-bond donors (Lipinski definition) is 0. The zero-order chi connectivity index (χ0) is 13.0. The van der Waals surface area contributed by atoms with Gasteiger partial charge >= 0.3 is 0 Å². The number of benzene rings is 1. The third-order valence-corrected chi connectivity index (χ3v) is 3.63. The standard InChI is InChI=1S/C14H19N3S/c1-3-16(4-2)14(18)17-11-10-13(15-17)12-8-6-5-7-9-12/h5-9H,3-4,10-11H2,1-2H3. The quantitative estimate of drug-likeness (QED) is 0.780. The predicted molar refractivity (Wildman–Crippen MR) is 79.8 cm³/mol. The molecule has 1 aromatic rings. The van der Waals surface area contributed by atoms with Crippen LogP contribution in [0.15, 0.2) is 35.4 Å². The van der Waals surface area contributed by atoms with Crippen molar-refractivity contribution in [2.75, 3.05) is 19.6 Å². The lowest BCUT2D eigenvalue weighted by molar-refractivity contribution is 0.372. The molecule has 1 heterocycles. The van der Waals surface area contributed by atoms with Gasteiger partial charge < -0.3 is 4.90 Å². The molecule has 0 bridgehead atoms. The van der Waals surface area contributed by atoms with E-state index >= 15 is 0 Å². The Labute approximate surface area is 114 Å². The van der Waals surface area contributed by atoms with Crippen LogP contribution in [0.4, 0.5) is 0 Å². The molecule has 0 fully saturated rings. The molecule has 0 saturated heterocycles. The third-order valence-electron chi connectivity index (χ3n) is 3.16. The van der Waals surface area contributed by atoms with E-state index in [2.05, 4.69) is 36.0 Å². The molecule has 4 heteroatoms. The fourth-order valence-corrected chi connectivity index (χ4v) is 2.48. The molecule has 0 unspecified atom stereocenters. The second-order valence-corrected chi connectivity index (χ2v) is 4.61. The average molecular weight is 261 g/mol. The number of rotatable bonds is 3. The van der Waals surface area contributed by atoms with Crippen LogP contribution in [0, 0.1) is 0 Å². The van der Waals surface area contributed by atoms with Gasteiger partial charge in [-0.15, -0.1) is 0 Å². The Morgan fingerprint density at radius 2 is 1.94 bits per heavy atom. The Morgan fingerprint density at radius 1 is 1.28 bits per heavy atom. The normalized spacial score (nSPS) is 14.6. The summed E-state index contributed by atoms with van der Waals surface area (Å²) in [6, 6.07) is 10.3. The van der Waals surface area contributed by atoms with Crippen molar-refractivity contribution in [1.82, 2.24) is 9.91 Å². The summed E-state index contributed by atoms with van der Waals surface area (Å²) in [4.78, 5) is 2.16. The molecule has 0 saturated carbocycles. The monoisotopic (exact) mass is 261 g/mol. The van der Waals surface area contributed by atoms with Crippen molar-refractivity contribution in [2.45, 2.75) is 20.3 Å². The van der Waals surface area contributed by atoms with Crippen molar-refractivity contribution >= 4 is 23.0 Å². The van der Waals surface area contributed by atoms with Crippen molar-refractivity contribution in [3.63, 3.8) is 0 Å². The van der Waals surface area contributed by atoms with Crippen molar-refractivity contribution in [3.05, 3.63) is 35.9 Å². The first-order valence-electron chi connectivity index (χ1n) is 6.45. The second kappa shape index (κ2) is 5.96. The molecule has 96 valence electrons. The SMILES string of the molecule is CCN(CC)C(=S)N1CCC(c2ccccc2)=N1. The van der Waals surface area contributed by atoms with Gasteiger partial charge in [0.05, 0.1) is 5.71 Å². The topological polar surface area (TPSA) is 18.8 Å². The fourth-order valence-electron chi connectivity index (χ4n) is 2.09. The highest BCUT2D eigenvalue weighted by atomic mass is 32.1. The Morgan fingerprint density at radius 3 is 2.56 bits per heavy atom. The molecule has 3 nitrogen and oxygen atoms in total. The van der Waals surface area contributed by atoms with Crippen LogP contribution in [-0.4, -0.2) is 40.4 Å². The highest BCUT2D eigenvalue weighted by molar-refractivity contribution is 7.80. The van der Waals surface area contributed by atoms with Gasteiger partial charge in [-0.1, -0.05) is 30.3 Å². The van der Waals surface area contributed by atoms with Crippen molar-refractivity contribution in [2.24, 2.45) is 5.10 Å². The van der Waals surface area contributed by atoms with E-state index in [1.807, 2.05) is 23.2 Å². The minimum Gasteiger partial charge on any atom is -0.348 e. The van der Waals surface area contributed by atoms with Gasteiger partial charge in [-0.2, -0.15) is 5.10 Å². The molecule has 0 amide bonds. The summed E-state index contributed by atoms with van der Waals surface area (Å²) < 4.78 is 0. The first kappa shape index (κ1) is 13.0. The molecule has 0 spiro atoms. The highest BCUT2D eigenvalue weighted by Gasteiger charge is 2.21. The van der Waals surface area contributed by atoms with Crippen molar-refractivity contribution in [1.29, 1.82) is 0 Å². The number of hydrogen-bond acceptors (Lipinski definition) is 2. The minimum absolute atomic E-state index is 0.839. The zero-order valence-corrected chi connectivity index (χ0v) is 11.8. The van der Waals surface area contributed by atoms with E-state index in [9.17, 15) is 0 Å². The first-order chi connectivity index (χ1) is 8.76. The molecule has 18 heavy (non-hydrogen) atoms. The number of nitrogens with zero attached hydrogens (tertiary/aromatic N) is 3. The summed E-state index contributed by atoms with van der Waals surface area (Å²) in [7, 11) is 0. The molecule has 2 rings (SSSR count). The minimum atomic E-state index is 0.839.